The fraction of sp³-hybridized carbons (Fsp3) is 0.227. The van der Waals surface area contributed by atoms with Gasteiger partial charge in [0.25, 0.3) is 0 Å². The molecule has 2 aromatic rings. The highest BCUT2D eigenvalue weighted by Gasteiger charge is 2.34. The van der Waals surface area contributed by atoms with Crippen LogP contribution in [-0.2, 0) is 14.3 Å². The molecule has 0 fully saturated rings. The Morgan fingerprint density at radius 2 is 1.68 bits per heavy atom. The van der Waals surface area contributed by atoms with Gasteiger partial charge in [0.15, 0.2) is 0 Å². The van der Waals surface area contributed by atoms with Gasteiger partial charge in [-0.25, -0.2) is 14.4 Å². The van der Waals surface area contributed by atoms with Crippen molar-refractivity contribution in [3.05, 3.63) is 76.0 Å². The van der Waals surface area contributed by atoms with Crippen LogP contribution in [0.4, 0.5) is 4.79 Å². The molecule has 1 aliphatic heterocycles. The van der Waals surface area contributed by atoms with Crippen molar-refractivity contribution in [3.63, 3.8) is 0 Å². The zero-order chi connectivity index (χ0) is 22.4. The van der Waals surface area contributed by atoms with E-state index in [0.717, 1.165) is 0 Å². The summed E-state index contributed by atoms with van der Waals surface area (Å²) in [5.74, 6) is -0.653. The molecule has 1 atom stereocenters. The number of ether oxygens (including phenoxy) is 3. The van der Waals surface area contributed by atoms with E-state index in [1.807, 2.05) is 0 Å². The molecule has 1 heterocycles. The molecular formula is C22H21ClN2O6. The van der Waals surface area contributed by atoms with Crippen LogP contribution in [0.3, 0.4) is 0 Å². The molecule has 0 radical (unpaired) electrons. The number of carbonyl (C=O) groups excluding carboxylic acids is 3. The minimum atomic E-state index is -0.792. The largest absolute Gasteiger partial charge is 0.497 e. The SMILES string of the molecule is CCOC(=O)C1=C(COC(=O)c2ccc(OC)cc2)NC(=O)N[C@@H]1c1ccc(Cl)cc1. The lowest BCUT2D eigenvalue weighted by molar-refractivity contribution is -0.139. The van der Waals surface area contributed by atoms with Crippen LogP contribution in [0.15, 0.2) is 59.8 Å². The van der Waals surface area contributed by atoms with E-state index in [9.17, 15) is 14.4 Å². The number of nitrogens with one attached hydrogen (secondary N) is 2. The quantitative estimate of drug-likeness (QED) is 0.634. The lowest BCUT2D eigenvalue weighted by atomic mass is 9.95. The Kier molecular flexibility index (Phi) is 7.15. The number of halogens is 1. The third kappa shape index (κ3) is 5.35. The third-order valence-electron chi connectivity index (χ3n) is 4.53. The number of urea groups is 1. The maximum Gasteiger partial charge on any atom is 0.338 e. The highest BCUT2D eigenvalue weighted by Crippen LogP contribution is 2.29. The second-order valence-electron chi connectivity index (χ2n) is 6.50. The maximum atomic E-state index is 12.7. The number of hydrogen-bond acceptors (Lipinski definition) is 6. The van der Waals surface area contributed by atoms with Crippen molar-refractivity contribution in [3.8, 4) is 5.75 Å². The van der Waals surface area contributed by atoms with Gasteiger partial charge in [-0.2, -0.15) is 0 Å². The molecule has 8 nitrogen and oxygen atoms in total. The van der Waals surface area contributed by atoms with Crippen molar-refractivity contribution in [2.75, 3.05) is 20.3 Å². The molecule has 31 heavy (non-hydrogen) atoms. The Hall–Kier alpha value is -3.52. The van der Waals surface area contributed by atoms with Gasteiger partial charge in [0.2, 0.25) is 0 Å². The molecule has 0 unspecified atom stereocenters. The number of benzene rings is 2. The first-order valence-corrected chi connectivity index (χ1v) is 9.85. The van der Waals surface area contributed by atoms with Crippen LogP contribution >= 0.6 is 11.6 Å². The van der Waals surface area contributed by atoms with E-state index in [1.54, 1.807) is 55.5 Å². The zero-order valence-electron chi connectivity index (χ0n) is 16.9. The van der Waals surface area contributed by atoms with Gasteiger partial charge < -0.3 is 24.8 Å². The zero-order valence-corrected chi connectivity index (χ0v) is 17.7. The minimum Gasteiger partial charge on any atom is -0.497 e. The molecule has 162 valence electrons. The Morgan fingerprint density at radius 3 is 2.29 bits per heavy atom. The lowest BCUT2D eigenvalue weighted by Crippen LogP contribution is -2.47. The van der Waals surface area contributed by atoms with Crippen molar-refractivity contribution >= 4 is 29.6 Å². The first-order chi connectivity index (χ1) is 14.9. The number of amides is 2. The van der Waals surface area contributed by atoms with E-state index in [2.05, 4.69) is 10.6 Å². The van der Waals surface area contributed by atoms with Crippen molar-refractivity contribution in [1.82, 2.24) is 10.6 Å². The summed E-state index contributed by atoms with van der Waals surface area (Å²) in [4.78, 5) is 37.4. The van der Waals surface area contributed by atoms with E-state index in [1.165, 1.54) is 7.11 Å². The molecule has 0 saturated heterocycles. The summed E-state index contributed by atoms with van der Waals surface area (Å²) in [6, 6.07) is 11.7. The van der Waals surface area contributed by atoms with Crippen molar-refractivity contribution in [2.45, 2.75) is 13.0 Å². The number of hydrogen-bond donors (Lipinski definition) is 2. The number of methoxy groups -OCH3 is 1. The van der Waals surface area contributed by atoms with Gasteiger partial charge in [-0.05, 0) is 48.9 Å². The molecule has 0 saturated carbocycles. The fourth-order valence-electron chi connectivity index (χ4n) is 3.04. The highest BCUT2D eigenvalue weighted by molar-refractivity contribution is 6.30. The van der Waals surface area contributed by atoms with Crippen molar-refractivity contribution in [2.24, 2.45) is 0 Å². The van der Waals surface area contributed by atoms with E-state index < -0.39 is 24.0 Å². The summed E-state index contributed by atoms with van der Waals surface area (Å²) < 4.78 is 15.6. The molecule has 0 spiro atoms. The van der Waals surface area contributed by atoms with Crippen LogP contribution in [0.5, 0.6) is 5.75 Å². The Labute approximate surface area is 184 Å². The van der Waals surface area contributed by atoms with Crippen molar-refractivity contribution in [1.29, 1.82) is 0 Å². The molecule has 2 aromatic carbocycles. The Bertz CT molecular complexity index is 1000. The highest BCUT2D eigenvalue weighted by atomic mass is 35.5. The van der Waals surface area contributed by atoms with Crippen LogP contribution in [0, 0.1) is 0 Å². The molecule has 2 N–H and O–H groups in total. The Balaban J connectivity index is 1.88. The van der Waals surface area contributed by atoms with Crippen LogP contribution in [-0.4, -0.2) is 38.3 Å². The minimum absolute atomic E-state index is 0.141. The first-order valence-electron chi connectivity index (χ1n) is 9.47. The fourth-order valence-corrected chi connectivity index (χ4v) is 3.16. The maximum absolute atomic E-state index is 12.7. The number of carbonyl (C=O) groups is 3. The molecule has 0 aliphatic carbocycles. The average Bonchev–Trinajstić information content (AvgIpc) is 2.77. The third-order valence-corrected chi connectivity index (χ3v) is 4.78. The van der Waals surface area contributed by atoms with Gasteiger partial charge >= 0.3 is 18.0 Å². The monoisotopic (exact) mass is 444 g/mol. The molecule has 3 rings (SSSR count). The summed E-state index contributed by atoms with van der Waals surface area (Å²) in [6.07, 6.45) is 0. The predicted octanol–water partition coefficient (Wildman–Crippen LogP) is 3.38. The van der Waals surface area contributed by atoms with Crippen LogP contribution in [0.25, 0.3) is 0 Å². The summed E-state index contributed by atoms with van der Waals surface area (Å²) in [5.41, 5.74) is 1.21. The van der Waals surface area contributed by atoms with E-state index in [-0.39, 0.29) is 24.5 Å². The van der Waals surface area contributed by atoms with Crippen LogP contribution in [0.2, 0.25) is 5.02 Å². The second-order valence-corrected chi connectivity index (χ2v) is 6.94. The number of esters is 2. The van der Waals surface area contributed by atoms with Gasteiger partial charge in [-0.1, -0.05) is 23.7 Å². The second kappa shape index (κ2) is 9.99. The van der Waals surface area contributed by atoms with Gasteiger partial charge in [0.1, 0.15) is 12.4 Å². The molecule has 0 bridgehead atoms. The topological polar surface area (TPSA) is 103 Å². The van der Waals surface area contributed by atoms with Gasteiger partial charge in [-0.3, -0.25) is 0 Å². The molecular weight excluding hydrogens is 424 g/mol. The van der Waals surface area contributed by atoms with Gasteiger partial charge in [0, 0.05) is 5.02 Å². The molecule has 2 amide bonds. The summed E-state index contributed by atoms with van der Waals surface area (Å²) in [5, 5.41) is 5.76. The molecule has 9 heteroatoms. The number of rotatable bonds is 7. The average molecular weight is 445 g/mol. The van der Waals surface area contributed by atoms with Gasteiger partial charge in [-0.15, -0.1) is 0 Å². The van der Waals surface area contributed by atoms with Crippen LogP contribution in [0.1, 0.15) is 28.9 Å². The first kappa shape index (κ1) is 22.2. The summed E-state index contributed by atoms with van der Waals surface area (Å²) in [7, 11) is 1.52. The van der Waals surface area contributed by atoms with Gasteiger partial charge in [0.05, 0.1) is 36.6 Å². The van der Waals surface area contributed by atoms with E-state index in [0.29, 0.717) is 21.9 Å². The summed E-state index contributed by atoms with van der Waals surface area (Å²) >= 11 is 5.95. The lowest BCUT2D eigenvalue weighted by Gasteiger charge is -2.29. The summed E-state index contributed by atoms with van der Waals surface area (Å²) in [6.45, 7) is 1.49. The normalized spacial score (nSPS) is 15.6. The van der Waals surface area contributed by atoms with E-state index >= 15 is 0 Å². The molecule has 0 aromatic heterocycles. The van der Waals surface area contributed by atoms with E-state index in [4.69, 9.17) is 25.8 Å². The Morgan fingerprint density at radius 1 is 1.00 bits per heavy atom. The van der Waals surface area contributed by atoms with Crippen LogP contribution < -0.4 is 15.4 Å². The standard InChI is InChI=1S/C22H21ClN2O6/c1-3-30-21(27)18-17(12-31-20(26)14-6-10-16(29-2)11-7-14)24-22(28)25-19(18)13-4-8-15(23)9-5-13/h4-11,19H,3,12H2,1-2H3,(H2,24,25,28)/t19-/m1/s1. The smallest absolute Gasteiger partial charge is 0.338 e. The van der Waals surface area contributed by atoms with Crippen molar-refractivity contribution < 1.29 is 28.6 Å². The molecule has 1 aliphatic rings. The predicted molar refractivity (Wildman–Crippen MR) is 113 cm³/mol.